The minimum atomic E-state index is -1.32. The number of cyclic esters (lactones) is 2. The maximum absolute atomic E-state index is 13.4. The van der Waals surface area contributed by atoms with Crippen LogP contribution in [-0.2, 0) is 19.1 Å². The largest absolute Gasteiger partial charge is 0.455 e. The molecule has 0 saturated carbocycles. The molecule has 6 nitrogen and oxygen atoms in total. The van der Waals surface area contributed by atoms with Gasteiger partial charge in [-0.1, -0.05) is 12.1 Å². The monoisotopic (exact) mass is 417 g/mol. The van der Waals surface area contributed by atoms with Crippen molar-refractivity contribution >= 4 is 29.4 Å². The van der Waals surface area contributed by atoms with Gasteiger partial charge in [-0.05, 0) is 49.1 Å². The fourth-order valence-corrected chi connectivity index (χ4v) is 3.26. The number of carbonyl (C=O) groups is 2. The molecule has 3 rings (SSSR count). The van der Waals surface area contributed by atoms with E-state index in [9.17, 15) is 14.0 Å². The van der Waals surface area contributed by atoms with Gasteiger partial charge in [0.05, 0.1) is 10.7 Å². The topological polar surface area (TPSA) is 73.9 Å². The number of thioether (sulfide) groups is 1. The second-order valence-electron chi connectivity index (χ2n) is 6.72. The molecule has 0 atom stereocenters. The van der Waals surface area contributed by atoms with Crippen LogP contribution in [0.25, 0.3) is 0 Å². The standard InChI is InChI=1S/C21H20FNO5S/c1-12-11-13(22)9-10-15(12)26-16-8-6-5-7-14(16)23-18(29-4)17-19(24)27-21(2,3)28-20(17)25/h5-11,23H,1-4H3. The summed E-state index contributed by atoms with van der Waals surface area (Å²) >= 11 is 1.16. The summed E-state index contributed by atoms with van der Waals surface area (Å²) in [7, 11) is 0. The molecule has 1 heterocycles. The predicted octanol–water partition coefficient (Wildman–Crippen LogP) is 4.75. The first-order valence-corrected chi connectivity index (χ1v) is 9.97. The third-order valence-electron chi connectivity index (χ3n) is 4.01. The molecule has 29 heavy (non-hydrogen) atoms. The van der Waals surface area contributed by atoms with E-state index < -0.39 is 17.7 Å². The first-order valence-electron chi connectivity index (χ1n) is 8.75. The fraction of sp³-hybridized carbons (Fsp3) is 0.238. The molecule has 0 aliphatic carbocycles. The van der Waals surface area contributed by atoms with Gasteiger partial charge in [0.2, 0.25) is 0 Å². The average molecular weight is 417 g/mol. The second kappa shape index (κ2) is 8.16. The molecule has 1 fully saturated rings. The molecule has 0 bridgehead atoms. The second-order valence-corrected chi connectivity index (χ2v) is 7.54. The van der Waals surface area contributed by atoms with E-state index in [-0.39, 0.29) is 16.4 Å². The quantitative estimate of drug-likeness (QED) is 0.428. The number of ether oxygens (including phenoxy) is 3. The Morgan fingerprint density at radius 2 is 1.72 bits per heavy atom. The number of benzene rings is 2. The third kappa shape index (κ3) is 4.71. The lowest BCUT2D eigenvalue weighted by molar-refractivity contribution is -0.222. The molecule has 0 spiro atoms. The van der Waals surface area contributed by atoms with Gasteiger partial charge < -0.3 is 19.5 Å². The van der Waals surface area contributed by atoms with Crippen LogP contribution in [0.1, 0.15) is 19.4 Å². The Morgan fingerprint density at radius 3 is 2.34 bits per heavy atom. The molecule has 0 aromatic heterocycles. The Labute approximate surface area is 172 Å². The molecular formula is C21H20FNO5S. The summed E-state index contributed by atoms with van der Waals surface area (Å²) in [6.07, 6.45) is 1.71. The lowest BCUT2D eigenvalue weighted by atomic mass is 10.2. The summed E-state index contributed by atoms with van der Waals surface area (Å²) in [5, 5.41) is 3.31. The lowest BCUT2D eigenvalue weighted by Crippen LogP contribution is -2.42. The van der Waals surface area contributed by atoms with Crippen LogP contribution >= 0.6 is 11.8 Å². The Bertz CT molecular complexity index is 980. The number of halogens is 1. The van der Waals surface area contributed by atoms with Crippen molar-refractivity contribution in [1.29, 1.82) is 0 Å². The van der Waals surface area contributed by atoms with E-state index >= 15 is 0 Å². The van der Waals surface area contributed by atoms with Gasteiger partial charge in [0, 0.05) is 13.8 Å². The maximum atomic E-state index is 13.4. The number of hydrogen-bond acceptors (Lipinski definition) is 7. The van der Waals surface area contributed by atoms with Crippen molar-refractivity contribution in [2.45, 2.75) is 26.6 Å². The van der Waals surface area contributed by atoms with Crippen molar-refractivity contribution in [3.05, 3.63) is 64.4 Å². The highest BCUT2D eigenvalue weighted by Crippen LogP contribution is 2.35. The van der Waals surface area contributed by atoms with Gasteiger partial charge >= 0.3 is 11.9 Å². The Kier molecular flexibility index (Phi) is 5.83. The number of anilines is 1. The predicted molar refractivity (Wildman–Crippen MR) is 108 cm³/mol. The molecule has 0 amide bonds. The molecule has 152 valence electrons. The van der Waals surface area contributed by atoms with Gasteiger partial charge in [0.25, 0.3) is 5.79 Å². The van der Waals surface area contributed by atoms with Crippen LogP contribution in [0.2, 0.25) is 0 Å². The summed E-state index contributed by atoms with van der Waals surface area (Å²) in [6.45, 7) is 4.71. The lowest BCUT2D eigenvalue weighted by Gasteiger charge is -2.30. The molecule has 1 aliphatic rings. The molecular weight excluding hydrogens is 397 g/mol. The zero-order valence-electron chi connectivity index (χ0n) is 16.4. The van der Waals surface area contributed by atoms with Crippen LogP contribution < -0.4 is 10.1 Å². The zero-order valence-corrected chi connectivity index (χ0v) is 17.2. The van der Waals surface area contributed by atoms with Crippen molar-refractivity contribution in [1.82, 2.24) is 0 Å². The van der Waals surface area contributed by atoms with Crippen molar-refractivity contribution < 1.29 is 28.2 Å². The van der Waals surface area contributed by atoms with Crippen LogP contribution in [0.15, 0.2) is 53.1 Å². The van der Waals surface area contributed by atoms with Crippen molar-refractivity contribution in [2.75, 3.05) is 11.6 Å². The van der Waals surface area contributed by atoms with Crippen LogP contribution in [0.5, 0.6) is 11.5 Å². The maximum Gasteiger partial charge on any atom is 0.351 e. The number of rotatable bonds is 5. The Hall–Kier alpha value is -3.00. The van der Waals surface area contributed by atoms with Crippen molar-refractivity contribution in [3.63, 3.8) is 0 Å². The molecule has 2 aromatic carbocycles. The highest BCUT2D eigenvalue weighted by Gasteiger charge is 2.41. The van der Waals surface area contributed by atoms with E-state index in [0.717, 1.165) is 11.8 Å². The Balaban J connectivity index is 1.93. The summed E-state index contributed by atoms with van der Waals surface area (Å²) in [5.41, 5.74) is 0.924. The zero-order chi connectivity index (χ0) is 21.2. The molecule has 0 unspecified atom stereocenters. The summed E-state index contributed by atoms with van der Waals surface area (Å²) in [4.78, 5) is 24.7. The van der Waals surface area contributed by atoms with Gasteiger partial charge in [-0.3, -0.25) is 0 Å². The normalized spacial score (nSPS) is 15.4. The SMILES string of the molecule is CSC(Nc1ccccc1Oc1ccc(F)cc1C)=C1C(=O)OC(C)(C)OC1=O. The van der Waals surface area contributed by atoms with Crippen LogP contribution in [0.3, 0.4) is 0 Å². The van der Waals surface area contributed by atoms with Crippen molar-refractivity contribution in [2.24, 2.45) is 0 Å². The minimum absolute atomic E-state index is 0.218. The first-order chi connectivity index (χ1) is 13.7. The highest BCUT2D eigenvalue weighted by molar-refractivity contribution is 8.02. The number of nitrogens with one attached hydrogen (secondary N) is 1. The van der Waals surface area contributed by atoms with Gasteiger partial charge in [0.1, 0.15) is 11.6 Å². The van der Waals surface area contributed by atoms with Crippen LogP contribution in [0, 0.1) is 12.7 Å². The molecule has 1 aliphatic heterocycles. The van der Waals surface area contributed by atoms with E-state index in [1.807, 2.05) is 0 Å². The van der Waals surface area contributed by atoms with Gasteiger partial charge in [-0.2, -0.15) is 0 Å². The molecule has 2 aromatic rings. The molecule has 0 radical (unpaired) electrons. The average Bonchev–Trinajstić information content (AvgIpc) is 2.62. The van der Waals surface area contributed by atoms with E-state index in [1.54, 1.807) is 37.4 Å². The van der Waals surface area contributed by atoms with Crippen molar-refractivity contribution in [3.8, 4) is 11.5 Å². The van der Waals surface area contributed by atoms with Gasteiger partial charge in [0.15, 0.2) is 11.3 Å². The molecule has 8 heteroatoms. The fourth-order valence-electron chi connectivity index (χ4n) is 2.68. The smallest absolute Gasteiger partial charge is 0.351 e. The minimum Gasteiger partial charge on any atom is -0.455 e. The number of carbonyl (C=O) groups excluding carboxylic acids is 2. The Morgan fingerprint density at radius 1 is 1.07 bits per heavy atom. The summed E-state index contributed by atoms with van der Waals surface area (Å²) in [6, 6.07) is 11.2. The number of esters is 2. The summed E-state index contributed by atoms with van der Waals surface area (Å²) < 4.78 is 29.6. The highest BCUT2D eigenvalue weighted by atomic mass is 32.2. The van der Waals surface area contributed by atoms with E-state index in [1.165, 1.54) is 32.0 Å². The third-order valence-corrected chi connectivity index (χ3v) is 4.72. The molecule has 1 N–H and O–H groups in total. The number of hydrogen-bond donors (Lipinski definition) is 1. The molecule has 1 saturated heterocycles. The van der Waals surface area contributed by atoms with Gasteiger partial charge in [-0.25, -0.2) is 14.0 Å². The van der Waals surface area contributed by atoms with Crippen LogP contribution in [0.4, 0.5) is 10.1 Å². The first kappa shape index (κ1) is 20.7. The van der Waals surface area contributed by atoms with E-state index in [2.05, 4.69) is 5.32 Å². The van der Waals surface area contributed by atoms with E-state index in [4.69, 9.17) is 14.2 Å². The van der Waals surface area contributed by atoms with Crippen LogP contribution in [-0.4, -0.2) is 24.0 Å². The number of para-hydroxylation sites is 2. The number of aryl methyl sites for hydroxylation is 1. The van der Waals surface area contributed by atoms with Gasteiger partial charge in [-0.15, -0.1) is 11.8 Å². The summed E-state index contributed by atoms with van der Waals surface area (Å²) in [5.74, 6) is -2.29. The van der Waals surface area contributed by atoms with E-state index in [0.29, 0.717) is 22.7 Å².